The Morgan fingerprint density at radius 3 is 2.21 bits per heavy atom. The van der Waals surface area contributed by atoms with Crippen LogP contribution in [0, 0.1) is 5.82 Å². The average molecular weight is 439 g/mol. The van der Waals surface area contributed by atoms with E-state index < -0.39 is 21.7 Å². The second-order valence-electron chi connectivity index (χ2n) is 5.70. The third-order valence-electron chi connectivity index (χ3n) is 3.69. The Labute approximate surface area is 171 Å². The van der Waals surface area contributed by atoms with Gasteiger partial charge in [-0.25, -0.2) is 12.8 Å². The molecule has 0 aliphatic carbocycles. The molecule has 2 N–H and O–H groups in total. The van der Waals surface area contributed by atoms with Crippen LogP contribution in [-0.4, -0.2) is 14.3 Å². The van der Waals surface area contributed by atoms with Gasteiger partial charge in [-0.15, -0.1) is 0 Å². The van der Waals surface area contributed by atoms with Crippen LogP contribution in [-0.2, 0) is 10.0 Å². The normalized spacial score (nSPS) is 11.1. The lowest BCUT2D eigenvalue weighted by atomic mass is 10.2. The molecule has 3 aromatic carbocycles. The fraction of sp³-hybridized carbons (Fsp3) is 0. The van der Waals surface area contributed by atoms with Gasteiger partial charge >= 0.3 is 0 Å². The largest absolute Gasteiger partial charge is 0.322 e. The van der Waals surface area contributed by atoms with Crippen molar-refractivity contribution in [1.29, 1.82) is 0 Å². The first-order valence-corrected chi connectivity index (χ1v) is 10.1. The average Bonchev–Trinajstić information content (AvgIpc) is 2.67. The summed E-state index contributed by atoms with van der Waals surface area (Å²) in [5.41, 5.74) is 0.466. The SMILES string of the molecule is O=C(Nc1ccc(F)c(Cl)c1)c1cc(NS(=O)(=O)c2ccccc2)ccc1Cl. The number of benzene rings is 3. The highest BCUT2D eigenvalue weighted by Gasteiger charge is 2.17. The molecule has 0 saturated carbocycles. The van der Waals surface area contributed by atoms with E-state index in [4.69, 9.17) is 23.2 Å². The van der Waals surface area contributed by atoms with E-state index in [0.29, 0.717) is 0 Å². The first-order chi connectivity index (χ1) is 13.3. The van der Waals surface area contributed by atoms with Crippen LogP contribution in [0.5, 0.6) is 0 Å². The van der Waals surface area contributed by atoms with E-state index in [1.807, 2.05) is 0 Å². The number of carbonyl (C=O) groups excluding carboxylic acids is 1. The minimum Gasteiger partial charge on any atom is -0.322 e. The molecule has 0 fully saturated rings. The molecule has 0 atom stereocenters. The topological polar surface area (TPSA) is 75.3 Å². The number of halogens is 3. The van der Waals surface area contributed by atoms with Crippen LogP contribution < -0.4 is 10.0 Å². The standard InChI is InChI=1S/C19H13Cl2FN2O3S/c20-16-8-6-13(24-28(26,27)14-4-2-1-3-5-14)10-15(16)19(25)23-12-7-9-18(22)17(21)11-12/h1-11,24H,(H,23,25). The molecular weight excluding hydrogens is 426 g/mol. The summed E-state index contributed by atoms with van der Waals surface area (Å²) in [7, 11) is -3.82. The predicted molar refractivity (Wildman–Crippen MR) is 108 cm³/mol. The van der Waals surface area contributed by atoms with Crippen LogP contribution in [0.3, 0.4) is 0 Å². The van der Waals surface area contributed by atoms with Gasteiger partial charge in [0.05, 0.1) is 20.5 Å². The van der Waals surface area contributed by atoms with Gasteiger partial charge < -0.3 is 5.32 Å². The highest BCUT2D eigenvalue weighted by molar-refractivity contribution is 7.92. The molecule has 144 valence electrons. The van der Waals surface area contributed by atoms with Crippen molar-refractivity contribution in [2.45, 2.75) is 4.90 Å². The van der Waals surface area contributed by atoms with Crippen LogP contribution >= 0.6 is 23.2 Å². The number of amides is 1. The lowest BCUT2D eigenvalue weighted by Crippen LogP contribution is -2.15. The van der Waals surface area contributed by atoms with Crippen molar-refractivity contribution in [3.05, 3.63) is 88.2 Å². The van der Waals surface area contributed by atoms with E-state index in [1.54, 1.807) is 18.2 Å². The van der Waals surface area contributed by atoms with Gasteiger partial charge in [0, 0.05) is 11.4 Å². The number of rotatable bonds is 5. The maximum Gasteiger partial charge on any atom is 0.261 e. The summed E-state index contributed by atoms with van der Waals surface area (Å²) in [4.78, 5) is 12.6. The molecule has 3 aromatic rings. The van der Waals surface area contributed by atoms with Crippen LogP contribution in [0.15, 0.2) is 71.6 Å². The Kier molecular flexibility index (Phi) is 5.88. The molecule has 0 aliphatic heterocycles. The van der Waals surface area contributed by atoms with Crippen molar-refractivity contribution < 1.29 is 17.6 Å². The zero-order valence-corrected chi connectivity index (χ0v) is 16.4. The predicted octanol–water partition coefficient (Wildman–Crippen LogP) is 5.19. The van der Waals surface area contributed by atoms with Crippen LogP contribution in [0.1, 0.15) is 10.4 Å². The summed E-state index contributed by atoms with van der Waals surface area (Å²) in [5, 5.41) is 2.51. The summed E-state index contributed by atoms with van der Waals surface area (Å²) < 4.78 is 40.5. The number of carbonyl (C=O) groups is 1. The molecule has 0 spiro atoms. The quantitative estimate of drug-likeness (QED) is 0.575. The van der Waals surface area contributed by atoms with E-state index in [9.17, 15) is 17.6 Å². The Morgan fingerprint density at radius 1 is 0.857 bits per heavy atom. The smallest absolute Gasteiger partial charge is 0.261 e. The van der Waals surface area contributed by atoms with Gasteiger partial charge in [-0.3, -0.25) is 9.52 Å². The highest BCUT2D eigenvalue weighted by Crippen LogP contribution is 2.25. The van der Waals surface area contributed by atoms with Crippen LogP contribution in [0.4, 0.5) is 15.8 Å². The third-order valence-corrected chi connectivity index (χ3v) is 5.71. The Balaban J connectivity index is 1.85. The molecule has 5 nitrogen and oxygen atoms in total. The van der Waals surface area contributed by atoms with Gasteiger partial charge in [-0.2, -0.15) is 0 Å². The van der Waals surface area contributed by atoms with Gasteiger partial charge in [0.25, 0.3) is 15.9 Å². The summed E-state index contributed by atoms with van der Waals surface area (Å²) in [6, 6.07) is 15.7. The second kappa shape index (κ2) is 8.18. The molecule has 3 rings (SSSR count). The van der Waals surface area contributed by atoms with E-state index in [1.165, 1.54) is 42.5 Å². The maximum absolute atomic E-state index is 13.2. The van der Waals surface area contributed by atoms with Crippen LogP contribution in [0.2, 0.25) is 10.0 Å². The van der Waals surface area contributed by atoms with Crippen molar-refractivity contribution in [2.75, 3.05) is 10.0 Å². The zero-order valence-electron chi connectivity index (χ0n) is 14.1. The van der Waals surface area contributed by atoms with Crippen molar-refractivity contribution in [1.82, 2.24) is 0 Å². The van der Waals surface area contributed by atoms with E-state index in [2.05, 4.69) is 10.0 Å². The van der Waals surface area contributed by atoms with Gasteiger partial charge in [-0.05, 0) is 48.5 Å². The molecule has 1 amide bonds. The van der Waals surface area contributed by atoms with Crippen molar-refractivity contribution in [2.24, 2.45) is 0 Å². The van der Waals surface area contributed by atoms with Gasteiger partial charge in [0.1, 0.15) is 5.82 Å². The third kappa shape index (κ3) is 4.62. The first-order valence-electron chi connectivity index (χ1n) is 7.90. The Bertz CT molecular complexity index is 1140. The molecule has 28 heavy (non-hydrogen) atoms. The minimum atomic E-state index is -3.82. The fourth-order valence-electron chi connectivity index (χ4n) is 2.35. The lowest BCUT2D eigenvalue weighted by Gasteiger charge is -2.11. The molecule has 9 heteroatoms. The molecule has 0 unspecified atom stereocenters. The summed E-state index contributed by atoms with van der Waals surface area (Å²) in [6.45, 7) is 0. The fourth-order valence-corrected chi connectivity index (χ4v) is 3.80. The van der Waals surface area contributed by atoms with E-state index >= 15 is 0 Å². The molecular formula is C19H13Cl2FN2O3S. The van der Waals surface area contributed by atoms with Gasteiger partial charge in [0.2, 0.25) is 0 Å². The Morgan fingerprint density at radius 2 is 1.54 bits per heavy atom. The number of anilines is 2. The van der Waals surface area contributed by atoms with Crippen LogP contribution in [0.25, 0.3) is 0 Å². The molecule has 0 bridgehead atoms. The number of hydrogen-bond acceptors (Lipinski definition) is 3. The van der Waals surface area contributed by atoms with Crippen molar-refractivity contribution in [3.8, 4) is 0 Å². The zero-order chi connectivity index (χ0) is 20.3. The molecule has 0 saturated heterocycles. The number of nitrogens with one attached hydrogen (secondary N) is 2. The molecule has 0 aromatic heterocycles. The number of sulfonamides is 1. The highest BCUT2D eigenvalue weighted by atomic mass is 35.5. The molecule has 0 aliphatic rings. The van der Waals surface area contributed by atoms with Crippen molar-refractivity contribution >= 4 is 50.5 Å². The number of hydrogen-bond donors (Lipinski definition) is 2. The summed E-state index contributed by atoms with van der Waals surface area (Å²) in [5.74, 6) is -1.22. The van der Waals surface area contributed by atoms with Crippen molar-refractivity contribution in [3.63, 3.8) is 0 Å². The lowest BCUT2D eigenvalue weighted by molar-refractivity contribution is 0.102. The van der Waals surface area contributed by atoms with E-state index in [0.717, 1.165) is 6.07 Å². The molecule has 0 heterocycles. The summed E-state index contributed by atoms with van der Waals surface area (Å²) in [6.07, 6.45) is 0. The van der Waals surface area contributed by atoms with E-state index in [-0.39, 0.29) is 31.9 Å². The van der Waals surface area contributed by atoms with Gasteiger partial charge in [0.15, 0.2) is 0 Å². The maximum atomic E-state index is 13.2. The summed E-state index contributed by atoms with van der Waals surface area (Å²) >= 11 is 11.8. The Hall–Kier alpha value is -2.61. The minimum absolute atomic E-state index is 0.0374. The monoisotopic (exact) mass is 438 g/mol. The second-order valence-corrected chi connectivity index (χ2v) is 8.19. The first kappa shape index (κ1) is 20.1. The van der Waals surface area contributed by atoms with Gasteiger partial charge in [-0.1, -0.05) is 41.4 Å². The molecule has 0 radical (unpaired) electrons.